The van der Waals surface area contributed by atoms with E-state index in [1.807, 2.05) is 37.3 Å². The van der Waals surface area contributed by atoms with Gasteiger partial charge in [-0.05, 0) is 50.3 Å². The fraction of sp³-hybridized carbons (Fsp3) is 0.350. The zero-order valence-electron chi connectivity index (χ0n) is 14.8. The van der Waals surface area contributed by atoms with Gasteiger partial charge in [0.25, 0.3) is 0 Å². The fourth-order valence-electron chi connectivity index (χ4n) is 2.47. The van der Waals surface area contributed by atoms with Gasteiger partial charge in [0.05, 0.1) is 0 Å². The van der Waals surface area contributed by atoms with E-state index < -0.39 is 0 Å². The molecule has 0 aliphatic heterocycles. The van der Waals surface area contributed by atoms with Crippen molar-refractivity contribution in [3.8, 4) is 11.5 Å². The molecule has 4 nitrogen and oxygen atoms in total. The topological polar surface area (TPSA) is 38.8 Å². The standard InChI is InChI=1S/C20H25NO3/c1-15-14-18(23-16(2)22)10-11-19(15)24-20(12-13-21(3)4)17-8-6-5-7-9-17/h5-11,14,20H,12-13H2,1-4H3. The zero-order valence-corrected chi connectivity index (χ0v) is 14.8. The highest BCUT2D eigenvalue weighted by Gasteiger charge is 2.15. The Labute approximate surface area is 144 Å². The first kappa shape index (κ1) is 18.0. The number of carbonyl (C=O) groups is 1. The van der Waals surface area contributed by atoms with Crippen molar-refractivity contribution >= 4 is 5.97 Å². The molecule has 4 heteroatoms. The van der Waals surface area contributed by atoms with Gasteiger partial charge in [0.1, 0.15) is 17.6 Å². The Morgan fingerprint density at radius 3 is 2.42 bits per heavy atom. The van der Waals surface area contributed by atoms with Gasteiger partial charge >= 0.3 is 5.97 Å². The monoisotopic (exact) mass is 327 g/mol. The van der Waals surface area contributed by atoms with Gasteiger partial charge in [-0.3, -0.25) is 4.79 Å². The molecule has 0 amide bonds. The second kappa shape index (κ2) is 8.50. The van der Waals surface area contributed by atoms with E-state index in [9.17, 15) is 4.79 Å². The molecule has 0 bridgehead atoms. The Morgan fingerprint density at radius 1 is 1.12 bits per heavy atom. The highest BCUT2D eigenvalue weighted by Crippen LogP contribution is 2.30. The van der Waals surface area contributed by atoms with Crippen LogP contribution in [0.15, 0.2) is 48.5 Å². The normalized spacial score (nSPS) is 12.0. The van der Waals surface area contributed by atoms with E-state index in [2.05, 4.69) is 31.1 Å². The number of hydrogen-bond donors (Lipinski definition) is 0. The summed E-state index contributed by atoms with van der Waals surface area (Å²) in [4.78, 5) is 13.2. The summed E-state index contributed by atoms with van der Waals surface area (Å²) in [6, 6.07) is 15.7. The molecule has 0 saturated carbocycles. The summed E-state index contributed by atoms with van der Waals surface area (Å²) < 4.78 is 11.4. The van der Waals surface area contributed by atoms with Crippen LogP contribution in [0.5, 0.6) is 11.5 Å². The Kier molecular flexibility index (Phi) is 6.38. The molecule has 1 atom stereocenters. The molecule has 2 aromatic carbocycles. The van der Waals surface area contributed by atoms with Crippen LogP contribution in [-0.2, 0) is 4.79 Å². The van der Waals surface area contributed by atoms with Crippen molar-refractivity contribution in [3.63, 3.8) is 0 Å². The summed E-state index contributed by atoms with van der Waals surface area (Å²) in [6.45, 7) is 4.28. The van der Waals surface area contributed by atoms with E-state index in [1.165, 1.54) is 6.92 Å². The quantitative estimate of drug-likeness (QED) is 0.569. The highest BCUT2D eigenvalue weighted by atomic mass is 16.5. The van der Waals surface area contributed by atoms with Gasteiger partial charge in [-0.15, -0.1) is 0 Å². The molecule has 0 aliphatic carbocycles. The number of aryl methyl sites for hydroxylation is 1. The molecule has 2 aromatic rings. The van der Waals surface area contributed by atoms with Crippen LogP contribution in [0.1, 0.15) is 30.6 Å². The van der Waals surface area contributed by atoms with Gasteiger partial charge in [0, 0.05) is 19.9 Å². The summed E-state index contributed by atoms with van der Waals surface area (Å²) in [5.74, 6) is 1.02. The summed E-state index contributed by atoms with van der Waals surface area (Å²) in [7, 11) is 4.11. The van der Waals surface area contributed by atoms with Crippen LogP contribution >= 0.6 is 0 Å². The first-order valence-electron chi connectivity index (χ1n) is 8.11. The van der Waals surface area contributed by atoms with Crippen molar-refractivity contribution in [1.29, 1.82) is 0 Å². The lowest BCUT2D eigenvalue weighted by Crippen LogP contribution is -2.19. The second-order valence-electron chi connectivity index (χ2n) is 6.13. The minimum absolute atomic E-state index is 0.0214. The number of rotatable bonds is 7. The number of benzene rings is 2. The van der Waals surface area contributed by atoms with Crippen LogP contribution in [0.3, 0.4) is 0 Å². The van der Waals surface area contributed by atoms with E-state index in [0.717, 1.165) is 29.8 Å². The molecule has 0 aromatic heterocycles. The van der Waals surface area contributed by atoms with Crippen molar-refractivity contribution in [2.75, 3.05) is 20.6 Å². The molecule has 0 radical (unpaired) electrons. The first-order chi connectivity index (χ1) is 11.5. The minimum atomic E-state index is -0.323. The molecular weight excluding hydrogens is 302 g/mol. The third-order valence-electron chi connectivity index (χ3n) is 3.69. The maximum atomic E-state index is 11.1. The van der Waals surface area contributed by atoms with Gasteiger partial charge in [0.15, 0.2) is 0 Å². The van der Waals surface area contributed by atoms with Gasteiger partial charge in [-0.2, -0.15) is 0 Å². The SMILES string of the molecule is CC(=O)Oc1ccc(OC(CCN(C)C)c2ccccc2)c(C)c1. The summed E-state index contributed by atoms with van der Waals surface area (Å²) in [6.07, 6.45) is 0.870. The Balaban J connectivity index is 2.18. The maximum Gasteiger partial charge on any atom is 0.308 e. The molecule has 128 valence electrons. The van der Waals surface area contributed by atoms with Crippen LogP contribution in [0.2, 0.25) is 0 Å². The lowest BCUT2D eigenvalue weighted by Gasteiger charge is -2.22. The maximum absolute atomic E-state index is 11.1. The smallest absolute Gasteiger partial charge is 0.308 e. The van der Waals surface area contributed by atoms with Crippen molar-refractivity contribution in [1.82, 2.24) is 4.90 Å². The van der Waals surface area contributed by atoms with Crippen molar-refractivity contribution in [2.24, 2.45) is 0 Å². The summed E-state index contributed by atoms with van der Waals surface area (Å²) >= 11 is 0. The van der Waals surface area contributed by atoms with Crippen molar-refractivity contribution < 1.29 is 14.3 Å². The number of esters is 1. The van der Waals surface area contributed by atoms with Gasteiger partial charge < -0.3 is 14.4 Å². The first-order valence-corrected chi connectivity index (χ1v) is 8.11. The molecule has 2 rings (SSSR count). The van der Waals surface area contributed by atoms with Crippen LogP contribution in [0.4, 0.5) is 0 Å². The van der Waals surface area contributed by atoms with E-state index in [1.54, 1.807) is 6.07 Å². The molecule has 0 aliphatic rings. The third-order valence-corrected chi connectivity index (χ3v) is 3.69. The van der Waals surface area contributed by atoms with Gasteiger partial charge in [-0.1, -0.05) is 30.3 Å². The molecule has 0 spiro atoms. The summed E-state index contributed by atoms with van der Waals surface area (Å²) in [5, 5.41) is 0. The molecule has 0 N–H and O–H groups in total. The Morgan fingerprint density at radius 2 is 1.83 bits per heavy atom. The van der Waals surface area contributed by atoms with Crippen LogP contribution < -0.4 is 9.47 Å². The second-order valence-corrected chi connectivity index (χ2v) is 6.13. The van der Waals surface area contributed by atoms with Crippen LogP contribution in [-0.4, -0.2) is 31.5 Å². The van der Waals surface area contributed by atoms with E-state index in [0.29, 0.717) is 5.75 Å². The summed E-state index contributed by atoms with van der Waals surface area (Å²) in [5.41, 5.74) is 2.10. The molecule has 24 heavy (non-hydrogen) atoms. The zero-order chi connectivity index (χ0) is 17.5. The van der Waals surface area contributed by atoms with Crippen molar-refractivity contribution in [2.45, 2.75) is 26.4 Å². The number of ether oxygens (including phenoxy) is 2. The predicted molar refractivity (Wildman–Crippen MR) is 95.5 cm³/mol. The molecule has 1 unspecified atom stereocenters. The van der Waals surface area contributed by atoms with E-state index in [4.69, 9.17) is 9.47 Å². The lowest BCUT2D eigenvalue weighted by molar-refractivity contribution is -0.131. The van der Waals surface area contributed by atoms with Gasteiger partial charge in [-0.25, -0.2) is 0 Å². The molecule has 0 heterocycles. The van der Waals surface area contributed by atoms with Crippen molar-refractivity contribution in [3.05, 3.63) is 59.7 Å². The highest BCUT2D eigenvalue weighted by molar-refractivity contribution is 5.69. The predicted octanol–water partition coefficient (Wildman–Crippen LogP) is 3.99. The Hall–Kier alpha value is -2.33. The lowest BCUT2D eigenvalue weighted by atomic mass is 10.1. The Bertz CT molecular complexity index is 668. The van der Waals surface area contributed by atoms with Crippen LogP contribution in [0, 0.1) is 6.92 Å². The molecular formula is C20H25NO3. The average molecular weight is 327 g/mol. The van der Waals surface area contributed by atoms with E-state index in [-0.39, 0.29) is 12.1 Å². The molecule has 0 saturated heterocycles. The molecule has 0 fully saturated rings. The third kappa shape index (κ3) is 5.39. The van der Waals surface area contributed by atoms with E-state index >= 15 is 0 Å². The van der Waals surface area contributed by atoms with Crippen LogP contribution in [0.25, 0.3) is 0 Å². The largest absolute Gasteiger partial charge is 0.485 e. The number of nitrogens with zero attached hydrogens (tertiary/aromatic N) is 1. The fourth-order valence-corrected chi connectivity index (χ4v) is 2.47. The average Bonchev–Trinajstić information content (AvgIpc) is 2.53. The number of carbonyl (C=O) groups excluding carboxylic acids is 1. The minimum Gasteiger partial charge on any atom is -0.485 e. The number of hydrogen-bond acceptors (Lipinski definition) is 4. The van der Waals surface area contributed by atoms with Gasteiger partial charge in [0.2, 0.25) is 0 Å².